The van der Waals surface area contributed by atoms with Crippen molar-refractivity contribution in [1.82, 2.24) is 0 Å². The lowest BCUT2D eigenvalue weighted by Gasteiger charge is -2.25. The van der Waals surface area contributed by atoms with Gasteiger partial charge >= 0.3 is 0 Å². The molecule has 0 saturated heterocycles. The quantitative estimate of drug-likeness (QED) is 0.733. The smallest absolute Gasteiger partial charge is 0.184 e. The summed E-state index contributed by atoms with van der Waals surface area (Å²) >= 11 is 0. The summed E-state index contributed by atoms with van der Waals surface area (Å²) in [5.41, 5.74) is 2.93. The van der Waals surface area contributed by atoms with Gasteiger partial charge in [-0.15, -0.1) is 0 Å². The van der Waals surface area contributed by atoms with Crippen LogP contribution in [-0.4, -0.2) is 20.2 Å². The molecule has 0 amide bonds. The number of hydrogen-bond acceptors (Lipinski definition) is 3. The molecule has 0 fully saturated rings. The first-order valence-corrected chi connectivity index (χ1v) is 6.57. The van der Waals surface area contributed by atoms with Crippen LogP contribution in [0.4, 0.5) is 5.69 Å². The van der Waals surface area contributed by atoms with E-state index in [0.717, 1.165) is 16.8 Å². The third kappa shape index (κ3) is 1.44. The monoisotopic (exact) mass is 225 g/mol. The fourth-order valence-electron chi connectivity index (χ4n) is 1.82. The molecule has 1 unspecified atom stereocenters. The Balaban J connectivity index is 2.74. The van der Waals surface area contributed by atoms with Crippen LogP contribution in [0.5, 0.6) is 0 Å². The molecule has 2 rings (SSSR count). The van der Waals surface area contributed by atoms with Crippen molar-refractivity contribution in [2.75, 3.05) is 11.9 Å². The molecule has 82 valence electrons. The Hall–Kier alpha value is -1.03. The maximum Gasteiger partial charge on any atom is 0.184 e. The number of fused-ring (bicyclic) bond motifs is 1. The topological polar surface area (TPSA) is 46.2 Å². The molecule has 0 aliphatic carbocycles. The fraction of sp³-hybridized carbons (Fsp3) is 0.455. The molecule has 1 N–H and O–H groups in total. The molecule has 15 heavy (non-hydrogen) atoms. The van der Waals surface area contributed by atoms with E-state index in [0.29, 0.717) is 11.4 Å². The maximum absolute atomic E-state index is 12.0. The van der Waals surface area contributed by atoms with Gasteiger partial charge in [0.1, 0.15) is 0 Å². The van der Waals surface area contributed by atoms with E-state index in [4.69, 9.17) is 0 Å². The third-order valence-electron chi connectivity index (χ3n) is 3.10. The van der Waals surface area contributed by atoms with Gasteiger partial charge in [-0.3, -0.25) is 0 Å². The maximum atomic E-state index is 12.0. The highest BCUT2D eigenvalue weighted by molar-refractivity contribution is 7.92. The minimum Gasteiger partial charge on any atom is -0.382 e. The van der Waals surface area contributed by atoms with Crippen molar-refractivity contribution in [2.45, 2.75) is 30.9 Å². The van der Waals surface area contributed by atoms with E-state index in [2.05, 4.69) is 5.32 Å². The summed E-state index contributed by atoms with van der Waals surface area (Å²) in [6.07, 6.45) is 0. The summed E-state index contributed by atoms with van der Waals surface area (Å²) in [6.45, 7) is 6.18. The normalized spacial score (nSPS) is 23.0. The lowest BCUT2D eigenvalue weighted by Crippen LogP contribution is -2.32. The first-order valence-electron chi connectivity index (χ1n) is 5.02. The first-order chi connectivity index (χ1) is 6.94. The van der Waals surface area contributed by atoms with Crippen LogP contribution in [0, 0.1) is 13.8 Å². The highest BCUT2D eigenvalue weighted by atomic mass is 32.2. The zero-order chi connectivity index (χ0) is 11.2. The SMILES string of the molecule is Cc1ccc2c(c1C)NCC(C)S2(=O)=O. The summed E-state index contributed by atoms with van der Waals surface area (Å²) in [5.74, 6) is 0. The van der Waals surface area contributed by atoms with E-state index in [1.165, 1.54) is 0 Å². The zero-order valence-corrected chi connectivity index (χ0v) is 9.98. The van der Waals surface area contributed by atoms with E-state index in [1.54, 1.807) is 13.0 Å². The van der Waals surface area contributed by atoms with Gasteiger partial charge in [0.2, 0.25) is 0 Å². The van der Waals surface area contributed by atoms with Crippen LogP contribution in [0.25, 0.3) is 0 Å². The largest absolute Gasteiger partial charge is 0.382 e. The molecule has 0 saturated carbocycles. The van der Waals surface area contributed by atoms with Crippen LogP contribution in [0.1, 0.15) is 18.1 Å². The van der Waals surface area contributed by atoms with Crippen molar-refractivity contribution in [3.8, 4) is 0 Å². The molecule has 1 heterocycles. The first kappa shape index (κ1) is 10.5. The summed E-state index contributed by atoms with van der Waals surface area (Å²) in [7, 11) is -3.12. The van der Waals surface area contributed by atoms with Crippen molar-refractivity contribution in [3.05, 3.63) is 23.3 Å². The molecule has 1 aliphatic rings. The lowest BCUT2D eigenvalue weighted by molar-refractivity contribution is 0.582. The molecule has 1 atom stereocenters. The second-order valence-electron chi connectivity index (χ2n) is 4.12. The van der Waals surface area contributed by atoms with Crippen molar-refractivity contribution in [1.29, 1.82) is 0 Å². The zero-order valence-electron chi connectivity index (χ0n) is 9.16. The van der Waals surface area contributed by atoms with Crippen LogP contribution in [0.15, 0.2) is 17.0 Å². The van der Waals surface area contributed by atoms with Gasteiger partial charge in [-0.25, -0.2) is 8.42 Å². The van der Waals surface area contributed by atoms with Crippen LogP contribution in [0.2, 0.25) is 0 Å². The Morgan fingerprint density at radius 1 is 1.33 bits per heavy atom. The minimum absolute atomic E-state index is 0.341. The minimum atomic E-state index is -3.12. The molecule has 0 aromatic heterocycles. The number of sulfone groups is 1. The van der Waals surface area contributed by atoms with Gasteiger partial charge in [-0.05, 0) is 38.0 Å². The van der Waals surface area contributed by atoms with Gasteiger partial charge in [-0.2, -0.15) is 0 Å². The van der Waals surface area contributed by atoms with Gasteiger partial charge in [0.15, 0.2) is 9.84 Å². The third-order valence-corrected chi connectivity index (χ3v) is 5.28. The Kier molecular flexibility index (Phi) is 2.26. The number of aryl methyl sites for hydroxylation is 1. The molecule has 1 aromatic rings. The summed E-state index contributed by atoms with van der Waals surface area (Å²) in [6, 6.07) is 3.57. The Bertz CT molecular complexity index is 506. The number of anilines is 1. The summed E-state index contributed by atoms with van der Waals surface area (Å²) < 4.78 is 24.1. The molecule has 0 spiro atoms. The molecule has 1 aromatic carbocycles. The number of hydrogen-bond donors (Lipinski definition) is 1. The van der Waals surface area contributed by atoms with Gasteiger partial charge in [0.05, 0.1) is 15.8 Å². The predicted octanol–water partition coefficient (Wildman–Crippen LogP) is 1.89. The average Bonchev–Trinajstić information content (AvgIpc) is 2.17. The molecule has 3 nitrogen and oxygen atoms in total. The summed E-state index contributed by atoms with van der Waals surface area (Å²) in [5, 5.41) is 2.86. The Labute approximate surface area is 90.4 Å². The molecular formula is C11H15NO2S. The number of benzene rings is 1. The Morgan fingerprint density at radius 2 is 2.00 bits per heavy atom. The molecule has 0 radical (unpaired) electrons. The molecule has 1 aliphatic heterocycles. The molecule has 0 bridgehead atoms. The van der Waals surface area contributed by atoms with Crippen LogP contribution in [0.3, 0.4) is 0 Å². The van der Waals surface area contributed by atoms with Crippen molar-refractivity contribution >= 4 is 15.5 Å². The number of rotatable bonds is 0. The standard InChI is InChI=1S/C11H15NO2S/c1-7-4-5-10-11(9(7)3)12-6-8(2)15(10,13)14/h4-5,8,12H,6H2,1-3H3. The molecular weight excluding hydrogens is 210 g/mol. The van der Waals surface area contributed by atoms with Crippen molar-refractivity contribution in [3.63, 3.8) is 0 Å². The average molecular weight is 225 g/mol. The van der Waals surface area contributed by atoms with Gasteiger partial charge in [-0.1, -0.05) is 6.07 Å². The summed E-state index contributed by atoms with van der Waals surface area (Å²) in [4.78, 5) is 0.448. The van der Waals surface area contributed by atoms with E-state index in [9.17, 15) is 8.42 Å². The van der Waals surface area contributed by atoms with Crippen LogP contribution < -0.4 is 5.32 Å². The van der Waals surface area contributed by atoms with E-state index < -0.39 is 9.84 Å². The molecule has 4 heteroatoms. The van der Waals surface area contributed by atoms with E-state index in [1.807, 2.05) is 19.9 Å². The van der Waals surface area contributed by atoms with Crippen molar-refractivity contribution in [2.24, 2.45) is 0 Å². The second-order valence-corrected chi connectivity index (χ2v) is 6.45. The van der Waals surface area contributed by atoms with Gasteiger partial charge in [0, 0.05) is 6.54 Å². The lowest BCUT2D eigenvalue weighted by atomic mass is 10.1. The van der Waals surface area contributed by atoms with Gasteiger partial charge < -0.3 is 5.32 Å². The van der Waals surface area contributed by atoms with E-state index >= 15 is 0 Å². The highest BCUT2D eigenvalue weighted by Gasteiger charge is 2.31. The second kappa shape index (κ2) is 3.23. The van der Waals surface area contributed by atoms with Crippen LogP contribution >= 0.6 is 0 Å². The fourth-order valence-corrected chi connectivity index (χ4v) is 3.32. The highest BCUT2D eigenvalue weighted by Crippen LogP contribution is 2.33. The predicted molar refractivity (Wildman–Crippen MR) is 61.1 cm³/mol. The van der Waals surface area contributed by atoms with Gasteiger partial charge in [0.25, 0.3) is 0 Å². The Morgan fingerprint density at radius 3 is 2.67 bits per heavy atom. The number of nitrogens with one attached hydrogen (secondary N) is 1. The van der Waals surface area contributed by atoms with E-state index in [-0.39, 0.29) is 5.25 Å². The van der Waals surface area contributed by atoms with Crippen molar-refractivity contribution < 1.29 is 8.42 Å². The van der Waals surface area contributed by atoms with Crippen LogP contribution in [-0.2, 0) is 9.84 Å².